The van der Waals surface area contributed by atoms with E-state index in [0.717, 1.165) is 13.1 Å². The lowest BCUT2D eigenvalue weighted by molar-refractivity contribution is 0.0355. The van der Waals surface area contributed by atoms with Crippen LogP contribution < -0.4 is 5.32 Å². The molecule has 2 heteroatoms. The van der Waals surface area contributed by atoms with Gasteiger partial charge in [-0.15, -0.1) is 0 Å². The molecule has 0 saturated carbocycles. The third-order valence-corrected chi connectivity index (χ3v) is 5.04. The van der Waals surface area contributed by atoms with Gasteiger partial charge in [0, 0.05) is 5.54 Å². The molecule has 2 aliphatic rings. The average molecular weight is 258 g/mol. The molecular formula is C17H26N2. The predicted molar refractivity (Wildman–Crippen MR) is 80.4 cm³/mol. The topological polar surface area (TPSA) is 15.3 Å². The van der Waals surface area contributed by atoms with E-state index >= 15 is 0 Å². The number of nitrogens with zero attached hydrogens (tertiary/aromatic N) is 1. The van der Waals surface area contributed by atoms with E-state index in [4.69, 9.17) is 0 Å². The van der Waals surface area contributed by atoms with Gasteiger partial charge in [-0.25, -0.2) is 0 Å². The average Bonchev–Trinajstić information content (AvgIpc) is 2.49. The Kier molecular flexibility index (Phi) is 3.90. The number of likely N-dealkylation sites (tertiary alicyclic amines) is 1. The van der Waals surface area contributed by atoms with Gasteiger partial charge in [-0.05, 0) is 69.9 Å². The van der Waals surface area contributed by atoms with Crippen LogP contribution in [0.1, 0.15) is 43.2 Å². The summed E-state index contributed by atoms with van der Waals surface area (Å²) in [5.41, 5.74) is 3.35. The third-order valence-electron chi connectivity index (χ3n) is 5.04. The van der Waals surface area contributed by atoms with Gasteiger partial charge in [0.1, 0.15) is 0 Å². The molecule has 1 N–H and O–H groups in total. The maximum Gasteiger partial charge on any atom is 0.0487 e. The van der Waals surface area contributed by atoms with Gasteiger partial charge in [-0.1, -0.05) is 30.7 Å². The molecule has 2 heterocycles. The summed E-state index contributed by atoms with van der Waals surface area (Å²) in [5, 5.41) is 3.54. The number of nitrogens with one attached hydrogen (secondary N) is 1. The van der Waals surface area contributed by atoms with Crippen molar-refractivity contribution in [1.29, 1.82) is 0 Å². The highest BCUT2D eigenvalue weighted by Crippen LogP contribution is 2.40. The summed E-state index contributed by atoms with van der Waals surface area (Å²) in [6.07, 6.45) is 6.69. The SMILES string of the molecule is Cc1ccccc1C1(N2CCCCC2)CCNCC1. The van der Waals surface area contributed by atoms with Gasteiger partial charge in [-0.3, -0.25) is 4.90 Å². The van der Waals surface area contributed by atoms with Crippen LogP contribution in [0.3, 0.4) is 0 Å². The summed E-state index contributed by atoms with van der Waals surface area (Å²) in [5.74, 6) is 0. The Balaban J connectivity index is 1.98. The van der Waals surface area contributed by atoms with Crippen LogP contribution in [0.25, 0.3) is 0 Å². The zero-order valence-electron chi connectivity index (χ0n) is 12.1. The molecule has 1 aromatic carbocycles. The molecule has 0 amide bonds. The van der Waals surface area contributed by atoms with E-state index in [1.807, 2.05) is 0 Å². The number of benzene rings is 1. The standard InChI is InChI=1S/C17H26N2/c1-15-7-3-4-8-16(15)17(9-11-18-12-10-17)19-13-5-2-6-14-19/h3-4,7-8,18H,2,5-6,9-14H2,1H3. The van der Waals surface area contributed by atoms with E-state index < -0.39 is 0 Å². The van der Waals surface area contributed by atoms with E-state index in [1.54, 1.807) is 5.56 Å². The first-order valence-corrected chi connectivity index (χ1v) is 7.85. The van der Waals surface area contributed by atoms with Gasteiger partial charge in [0.2, 0.25) is 0 Å². The highest BCUT2D eigenvalue weighted by atomic mass is 15.2. The van der Waals surface area contributed by atoms with Crippen molar-refractivity contribution in [2.75, 3.05) is 26.2 Å². The lowest BCUT2D eigenvalue weighted by Gasteiger charge is -2.49. The van der Waals surface area contributed by atoms with Gasteiger partial charge in [-0.2, -0.15) is 0 Å². The van der Waals surface area contributed by atoms with Gasteiger partial charge < -0.3 is 5.32 Å². The molecule has 2 saturated heterocycles. The van der Waals surface area contributed by atoms with E-state index in [0.29, 0.717) is 5.54 Å². The quantitative estimate of drug-likeness (QED) is 0.877. The van der Waals surface area contributed by atoms with Crippen molar-refractivity contribution in [2.45, 2.75) is 44.6 Å². The number of rotatable bonds is 2. The molecule has 0 atom stereocenters. The van der Waals surface area contributed by atoms with Crippen LogP contribution in [0.15, 0.2) is 24.3 Å². The van der Waals surface area contributed by atoms with Crippen LogP contribution in [0.5, 0.6) is 0 Å². The molecule has 2 nitrogen and oxygen atoms in total. The Morgan fingerprint density at radius 2 is 1.68 bits per heavy atom. The largest absolute Gasteiger partial charge is 0.317 e. The van der Waals surface area contributed by atoms with Gasteiger partial charge >= 0.3 is 0 Å². The Morgan fingerprint density at radius 1 is 1.00 bits per heavy atom. The van der Waals surface area contributed by atoms with E-state index in [-0.39, 0.29) is 0 Å². The van der Waals surface area contributed by atoms with Crippen LogP contribution in [-0.2, 0) is 5.54 Å². The minimum Gasteiger partial charge on any atom is -0.317 e. The van der Waals surface area contributed by atoms with Crippen LogP contribution in [0.4, 0.5) is 0 Å². The zero-order valence-corrected chi connectivity index (χ0v) is 12.1. The van der Waals surface area contributed by atoms with Gasteiger partial charge in [0.25, 0.3) is 0 Å². The Bertz CT molecular complexity index is 415. The fourth-order valence-electron chi connectivity index (χ4n) is 4.01. The minimum absolute atomic E-state index is 0.303. The van der Waals surface area contributed by atoms with Crippen molar-refractivity contribution >= 4 is 0 Å². The highest BCUT2D eigenvalue weighted by Gasteiger charge is 2.40. The van der Waals surface area contributed by atoms with Crippen LogP contribution in [0, 0.1) is 6.92 Å². The second-order valence-electron chi connectivity index (χ2n) is 6.14. The maximum absolute atomic E-state index is 3.54. The normalized spacial score (nSPS) is 24.3. The summed E-state index contributed by atoms with van der Waals surface area (Å²) >= 11 is 0. The smallest absolute Gasteiger partial charge is 0.0487 e. The first kappa shape index (κ1) is 13.1. The Hall–Kier alpha value is -0.860. The summed E-state index contributed by atoms with van der Waals surface area (Å²) in [6, 6.07) is 9.04. The molecule has 2 aliphatic heterocycles. The predicted octanol–water partition coefficient (Wildman–Crippen LogP) is 3.06. The monoisotopic (exact) mass is 258 g/mol. The first-order valence-electron chi connectivity index (χ1n) is 7.85. The zero-order chi connectivity index (χ0) is 13.1. The second-order valence-corrected chi connectivity index (χ2v) is 6.14. The molecule has 0 aromatic heterocycles. The number of piperidine rings is 2. The lowest BCUT2D eigenvalue weighted by Crippen LogP contribution is -2.54. The van der Waals surface area contributed by atoms with Gasteiger partial charge in [0.15, 0.2) is 0 Å². The molecule has 0 spiro atoms. The Labute approximate surface area is 117 Å². The molecule has 0 bridgehead atoms. The van der Waals surface area contributed by atoms with Crippen LogP contribution >= 0.6 is 0 Å². The highest BCUT2D eigenvalue weighted by molar-refractivity contribution is 5.33. The van der Waals surface area contributed by atoms with E-state index in [2.05, 4.69) is 41.4 Å². The molecular weight excluding hydrogens is 232 g/mol. The van der Waals surface area contributed by atoms with Crippen molar-refractivity contribution in [1.82, 2.24) is 10.2 Å². The van der Waals surface area contributed by atoms with E-state index in [1.165, 1.54) is 50.8 Å². The molecule has 19 heavy (non-hydrogen) atoms. The number of hydrogen-bond donors (Lipinski definition) is 1. The fourth-order valence-corrected chi connectivity index (χ4v) is 4.01. The van der Waals surface area contributed by atoms with Crippen molar-refractivity contribution in [3.05, 3.63) is 35.4 Å². The second kappa shape index (κ2) is 5.64. The fraction of sp³-hybridized carbons (Fsp3) is 0.647. The lowest BCUT2D eigenvalue weighted by atomic mass is 9.77. The number of hydrogen-bond acceptors (Lipinski definition) is 2. The molecule has 0 unspecified atom stereocenters. The molecule has 2 fully saturated rings. The summed E-state index contributed by atoms with van der Waals surface area (Å²) in [6.45, 7) is 7.17. The summed E-state index contributed by atoms with van der Waals surface area (Å²) in [4.78, 5) is 2.79. The van der Waals surface area contributed by atoms with Crippen molar-refractivity contribution in [3.63, 3.8) is 0 Å². The number of aryl methyl sites for hydroxylation is 1. The summed E-state index contributed by atoms with van der Waals surface area (Å²) < 4.78 is 0. The third kappa shape index (κ3) is 2.44. The van der Waals surface area contributed by atoms with Crippen LogP contribution in [0.2, 0.25) is 0 Å². The summed E-state index contributed by atoms with van der Waals surface area (Å²) in [7, 11) is 0. The molecule has 0 radical (unpaired) electrons. The molecule has 3 rings (SSSR count). The molecule has 1 aromatic rings. The van der Waals surface area contributed by atoms with E-state index in [9.17, 15) is 0 Å². The molecule has 0 aliphatic carbocycles. The van der Waals surface area contributed by atoms with Crippen molar-refractivity contribution in [3.8, 4) is 0 Å². The molecule has 104 valence electrons. The maximum atomic E-state index is 3.54. The van der Waals surface area contributed by atoms with Crippen LogP contribution in [-0.4, -0.2) is 31.1 Å². The van der Waals surface area contributed by atoms with Gasteiger partial charge in [0.05, 0.1) is 0 Å². The Morgan fingerprint density at radius 3 is 2.37 bits per heavy atom. The minimum atomic E-state index is 0.303. The first-order chi connectivity index (χ1) is 9.33. The van der Waals surface area contributed by atoms with Crippen molar-refractivity contribution in [2.24, 2.45) is 0 Å². The van der Waals surface area contributed by atoms with Crippen molar-refractivity contribution < 1.29 is 0 Å².